The highest BCUT2D eigenvalue weighted by Crippen LogP contribution is 2.09. The Kier molecular flexibility index (Phi) is 5.40. The summed E-state index contributed by atoms with van der Waals surface area (Å²) in [5.74, 6) is -0.676. The Morgan fingerprint density at radius 3 is 2.41 bits per heavy atom. The number of carbonyl (C=O) groups is 2. The summed E-state index contributed by atoms with van der Waals surface area (Å²) >= 11 is 2.21. The molecule has 0 radical (unpaired) electrons. The van der Waals surface area contributed by atoms with E-state index in [2.05, 4.69) is 32.6 Å². The predicted octanol–water partition coefficient (Wildman–Crippen LogP) is 1.51. The third-order valence-corrected chi connectivity index (χ3v) is 2.94. The number of methoxy groups -OCH3 is 1. The van der Waals surface area contributed by atoms with Gasteiger partial charge in [0, 0.05) is 16.9 Å². The van der Waals surface area contributed by atoms with Crippen LogP contribution in [-0.4, -0.2) is 25.0 Å². The normalized spacial score (nSPS) is 11.7. The highest BCUT2D eigenvalue weighted by atomic mass is 127. The molecule has 1 aromatic rings. The van der Waals surface area contributed by atoms with Crippen molar-refractivity contribution in [1.82, 2.24) is 5.32 Å². The number of amides is 1. The van der Waals surface area contributed by atoms with Gasteiger partial charge in [0.15, 0.2) is 0 Å². The number of rotatable bonds is 4. The average molecular weight is 347 g/mol. The van der Waals surface area contributed by atoms with Gasteiger partial charge in [0.2, 0.25) is 5.91 Å². The number of halogens is 1. The second kappa shape index (κ2) is 6.58. The summed E-state index contributed by atoms with van der Waals surface area (Å²) in [4.78, 5) is 22.5. The Balaban J connectivity index is 2.75. The van der Waals surface area contributed by atoms with Crippen LogP contribution in [0.4, 0.5) is 0 Å². The van der Waals surface area contributed by atoms with Gasteiger partial charge in [0.05, 0.1) is 7.11 Å². The van der Waals surface area contributed by atoms with Gasteiger partial charge < -0.3 is 10.1 Å². The monoisotopic (exact) mass is 347 g/mol. The van der Waals surface area contributed by atoms with E-state index in [4.69, 9.17) is 0 Å². The fourth-order valence-electron chi connectivity index (χ4n) is 1.44. The zero-order valence-electron chi connectivity index (χ0n) is 9.70. The molecule has 92 valence electrons. The number of ether oxygens (including phenoxy) is 1. The molecule has 5 heteroatoms. The zero-order valence-corrected chi connectivity index (χ0v) is 11.9. The fourth-order valence-corrected chi connectivity index (χ4v) is 1.80. The van der Waals surface area contributed by atoms with Gasteiger partial charge in [-0.3, -0.25) is 4.79 Å². The first-order valence-corrected chi connectivity index (χ1v) is 6.20. The molecule has 0 aromatic heterocycles. The molecule has 0 saturated heterocycles. The Bertz CT molecular complexity index is 403. The summed E-state index contributed by atoms with van der Waals surface area (Å²) < 4.78 is 5.78. The van der Waals surface area contributed by atoms with E-state index in [1.54, 1.807) is 0 Å². The molecule has 17 heavy (non-hydrogen) atoms. The van der Waals surface area contributed by atoms with Crippen LogP contribution in [0, 0.1) is 3.57 Å². The van der Waals surface area contributed by atoms with Crippen molar-refractivity contribution >= 4 is 34.5 Å². The summed E-state index contributed by atoms with van der Waals surface area (Å²) in [7, 11) is 1.31. The minimum absolute atomic E-state index is 0.245. The van der Waals surface area contributed by atoms with Gasteiger partial charge in [-0.25, -0.2) is 4.79 Å². The van der Waals surface area contributed by atoms with E-state index in [1.807, 2.05) is 24.3 Å². The average Bonchev–Trinajstić information content (AvgIpc) is 2.29. The van der Waals surface area contributed by atoms with E-state index in [9.17, 15) is 9.59 Å². The maximum Gasteiger partial charge on any atom is 0.328 e. The molecule has 0 aliphatic heterocycles. The Hall–Kier alpha value is -1.11. The number of nitrogens with one attached hydrogen (secondary N) is 1. The lowest BCUT2D eigenvalue weighted by atomic mass is 10.1. The second-order valence-electron chi connectivity index (χ2n) is 3.61. The van der Waals surface area contributed by atoms with Crippen LogP contribution < -0.4 is 5.32 Å². The van der Waals surface area contributed by atoms with Crippen molar-refractivity contribution in [2.45, 2.75) is 19.4 Å². The molecule has 0 fully saturated rings. The molecule has 0 aliphatic carbocycles. The standard InChI is InChI=1S/C12H14INO3/c1-8(15)14-11(12(16)17-2)7-9-3-5-10(13)6-4-9/h3-6,11H,7H2,1-2H3,(H,14,15). The van der Waals surface area contributed by atoms with E-state index in [-0.39, 0.29) is 5.91 Å². The van der Waals surface area contributed by atoms with E-state index in [0.29, 0.717) is 6.42 Å². The largest absolute Gasteiger partial charge is 0.467 e. The van der Waals surface area contributed by atoms with E-state index in [1.165, 1.54) is 14.0 Å². The van der Waals surface area contributed by atoms with Crippen LogP contribution in [0.25, 0.3) is 0 Å². The summed E-state index contributed by atoms with van der Waals surface area (Å²) in [5, 5.41) is 2.58. The van der Waals surface area contributed by atoms with Crippen molar-refractivity contribution < 1.29 is 14.3 Å². The first kappa shape index (κ1) is 14.0. The Labute approximate surface area is 114 Å². The molecule has 0 spiro atoms. The zero-order chi connectivity index (χ0) is 12.8. The molecule has 1 rings (SSSR count). The first-order valence-electron chi connectivity index (χ1n) is 5.12. The van der Waals surface area contributed by atoms with Crippen molar-refractivity contribution in [3.63, 3.8) is 0 Å². The molecule has 0 bridgehead atoms. The number of carbonyl (C=O) groups excluding carboxylic acids is 2. The van der Waals surface area contributed by atoms with Gasteiger partial charge >= 0.3 is 5.97 Å². The van der Waals surface area contributed by atoms with Crippen molar-refractivity contribution in [3.8, 4) is 0 Å². The molecule has 1 aromatic carbocycles. The number of esters is 1. The lowest BCUT2D eigenvalue weighted by Gasteiger charge is -2.15. The van der Waals surface area contributed by atoms with Crippen LogP contribution in [0.1, 0.15) is 12.5 Å². The van der Waals surface area contributed by atoms with Gasteiger partial charge in [-0.2, -0.15) is 0 Å². The number of hydrogen-bond acceptors (Lipinski definition) is 3. The molecular formula is C12H14INO3. The minimum Gasteiger partial charge on any atom is -0.467 e. The molecule has 1 N–H and O–H groups in total. The Morgan fingerprint density at radius 1 is 1.35 bits per heavy atom. The molecule has 1 unspecified atom stereocenters. The molecule has 1 atom stereocenters. The van der Waals surface area contributed by atoms with Gasteiger partial charge in [-0.05, 0) is 40.3 Å². The van der Waals surface area contributed by atoms with E-state index < -0.39 is 12.0 Å². The van der Waals surface area contributed by atoms with Crippen molar-refractivity contribution in [3.05, 3.63) is 33.4 Å². The highest BCUT2D eigenvalue weighted by molar-refractivity contribution is 14.1. The number of hydrogen-bond donors (Lipinski definition) is 1. The van der Waals surface area contributed by atoms with Crippen LogP contribution >= 0.6 is 22.6 Å². The molecule has 0 heterocycles. The topological polar surface area (TPSA) is 55.4 Å². The third-order valence-electron chi connectivity index (χ3n) is 2.22. The minimum atomic E-state index is -0.627. The number of benzene rings is 1. The molecule has 4 nitrogen and oxygen atoms in total. The highest BCUT2D eigenvalue weighted by Gasteiger charge is 2.20. The Morgan fingerprint density at radius 2 is 1.94 bits per heavy atom. The van der Waals surface area contributed by atoms with Gasteiger partial charge in [-0.1, -0.05) is 12.1 Å². The van der Waals surface area contributed by atoms with Crippen LogP contribution in [0.3, 0.4) is 0 Å². The summed E-state index contributed by atoms with van der Waals surface area (Å²) in [6.45, 7) is 1.38. The van der Waals surface area contributed by atoms with Gasteiger partial charge in [0.25, 0.3) is 0 Å². The third kappa shape index (κ3) is 4.72. The molecule has 0 saturated carbocycles. The molecule has 1 amide bonds. The van der Waals surface area contributed by atoms with Crippen LogP contribution in [-0.2, 0) is 20.7 Å². The van der Waals surface area contributed by atoms with E-state index >= 15 is 0 Å². The summed E-state index contributed by atoms with van der Waals surface area (Å²) in [5.41, 5.74) is 0.981. The fraction of sp³-hybridized carbons (Fsp3) is 0.333. The maximum atomic E-state index is 11.5. The van der Waals surface area contributed by atoms with E-state index in [0.717, 1.165) is 9.13 Å². The second-order valence-corrected chi connectivity index (χ2v) is 4.85. The lowest BCUT2D eigenvalue weighted by Crippen LogP contribution is -2.41. The molecule has 0 aliphatic rings. The van der Waals surface area contributed by atoms with Crippen LogP contribution in [0.2, 0.25) is 0 Å². The predicted molar refractivity (Wildman–Crippen MR) is 72.5 cm³/mol. The molecular weight excluding hydrogens is 333 g/mol. The SMILES string of the molecule is COC(=O)C(Cc1ccc(I)cc1)NC(C)=O. The quantitative estimate of drug-likeness (QED) is 0.664. The van der Waals surface area contributed by atoms with Gasteiger partial charge in [-0.15, -0.1) is 0 Å². The van der Waals surface area contributed by atoms with Crippen LogP contribution in [0.5, 0.6) is 0 Å². The van der Waals surface area contributed by atoms with Crippen LogP contribution in [0.15, 0.2) is 24.3 Å². The summed E-state index contributed by atoms with van der Waals surface area (Å²) in [6.07, 6.45) is 0.434. The lowest BCUT2D eigenvalue weighted by molar-refractivity contribution is -0.144. The maximum absolute atomic E-state index is 11.5. The first-order chi connectivity index (χ1) is 8.02. The summed E-state index contributed by atoms with van der Waals surface area (Å²) in [6, 6.07) is 7.15. The van der Waals surface area contributed by atoms with Crippen molar-refractivity contribution in [2.75, 3.05) is 7.11 Å². The van der Waals surface area contributed by atoms with Crippen molar-refractivity contribution in [2.24, 2.45) is 0 Å². The van der Waals surface area contributed by atoms with Gasteiger partial charge in [0.1, 0.15) is 6.04 Å². The van der Waals surface area contributed by atoms with Crippen molar-refractivity contribution in [1.29, 1.82) is 0 Å². The smallest absolute Gasteiger partial charge is 0.328 e.